The fourth-order valence-electron chi connectivity index (χ4n) is 3.14. The first-order valence-corrected chi connectivity index (χ1v) is 7.44. The second-order valence-corrected chi connectivity index (χ2v) is 5.67. The van der Waals surface area contributed by atoms with Gasteiger partial charge < -0.3 is 5.73 Å². The molecule has 0 aromatic heterocycles. The van der Waals surface area contributed by atoms with Gasteiger partial charge in [-0.1, -0.05) is 6.92 Å². The summed E-state index contributed by atoms with van der Waals surface area (Å²) in [6, 6.07) is 0.775. The maximum absolute atomic E-state index is 12.2. The first-order valence-electron chi connectivity index (χ1n) is 7.44. The molecule has 1 heterocycles. The van der Waals surface area contributed by atoms with Crippen LogP contribution in [-0.4, -0.2) is 53.3 Å². The molecule has 19 heavy (non-hydrogen) atoms. The number of nitrogens with two attached hydrogens (primary N) is 1. The number of imide groups is 1. The van der Waals surface area contributed by atoms with Gasteiger partial charge in [0.05, 0.1) is 6.54 Å². The zero-order valence-corrected chi connectivity index (χ0v) is 11.8. The number of likely N-dealkylation sites (tertiary alicyclic amines) is 1. The molecule has 0 aromatic rings. The van der Waals surface area contributed by atoms with Gasteiger partial charge in [0.25, 0.3) is 0 Å². The number of carbonyl (C=O) groups excluding carboxylic acids is 2. The molecule has 2 amide bonds. The Morgan fingerprint density at radius 1 is 1.37 bits per heavy atom. The van der Waals surface area contributed by atoms with E-state index in [0.717, 1.165) is 38.6 Å². The molecule has 0 atom stereocenters. The van der Waals surface area contributed by atoms with Crippen LogP contribution >= 0.6 is 0 Å². The third-order valence-electron chi connectivity index (χ3n) is 4.38. The molecule has 0 radical (unpaired) electrons. The maximum atomic E-state index is 12.2. The third kappa shape index (κ3) is 3.54. The van der Waals surface area contributed by atoms with Crippen LogP contribution in [0.25, 0.3) is 0 Å². The lowest BCUT2D eigenvalue weighted by molar-refractivity contribution is -0.143. The number of hydrogen-bond donors (Lipinski definition) is 1. The smallest absolute Gasteiger partial charge is 0.243 e. The largest absolute Gasteiger partial charge is 0.328 e. The van der Waals surface area contributed by atoms with E-state index in [1.54, 1.807) is 0 Å². The lowest BCUT2D eigenvalue weighted by atomic mass is 9.90. The maximum Gasteiger partial charge on any atom is 0.243 e. The number of nitrogens with zero attached hydrogens (tertiary/aromatic N) is 2. The minimum absolute atomic E-state index is 0.00767. The summed E-state index contributed by atoms with van der Waals surface area (Å²) in [4.78, 5) is 27.4. The standard InChI is InChI=1S/C14H25N3O2/c1-2-16(12-7-5-11(15)6-8-12)10-14(19)17-9-3-4-13(17)18/h11-12H,2-10,15H2,1H3. The van der Waals surface area contributed by atoms with Gasteiger partial charge in [-0.2, -0.15) is 0 Å². The van der Waals surface area contributed by atoms with E-state index in [9.17, 15) is 9.59 Å². The highest BCUT2D eigenvalue weighted by molar-refractivity contribution is 5.97. The number of amides is 2. The van der Waals surface area contributed by atoms with Crippen LogP contribution in [-0.2, 0) is 9.59 Å². The molecule has 1 saturated heterocycles. The molecule has 1 saturated carbocycles. The highest BCUT2D eigenvalue weighted by Gasteiger charge is 2.30. The zero-order chi connectivity index (χ0) is 13.8. The van der Waals surface area contributed by atoms with Crippen molar-refractivity contribution in [1.82, 2.24) is 9.80 Å². The van der Waals surface area contributed by atoms with Crippen molar-refractivity contribution in [2.75, 3.05) is 19.6 Å². The Bertz CT molecular complexity index is 338. The molecule has 2 aliphatic rings. The number of carbonyl (C=O) groups is 2. The molecule has 5 heteroatoms. The lowest BCUT2D eigenvalue weighted by Crippen LogP contribution is -2.47. The number of rotatable bonds is 4. The molecule has 1 aliphatic heterocycles. The van der Waals surface area contributed by atoms with Crippen molar-refractivity contribution in [3.8, 4) is 0 Å². The van der Waals surface area contributed by atoms with Crippen LogP contribution in [0.1, 0.15) is 45.4 Å². The van der Waals surface area contributed by atoms with Gasteiger partial charge in [-0.25, -0.2) is 0 Å². The highest BCUT2D eigenvalue weighted by atomic mass is 16.2. The first-order chi connectivity index (χ1) is 9.11. The Morgan fingerprint density at radius 3 is 2.58 bits per heavy atom. The van der Waals surface area contributed by atoms with Gasteiger partial charge in [0.2, 0.25) is 11.8 Å². The minimum atomic E-state index is -0.0285. The van der Waals surface area contributed by atoms with E-state index in [0.29, 0.717) is 31.6 Å². The second-order valence-electron chi connectivity index (χ2n) is 5.67. The average molecular weight is 267 g/mol. The fraction of sp³-hybridized carbons (Fsp3) is 0.857. The summed E-state index contributed by atoms with van der Waals surface area (Å²) in [7, 11) is 0. The van der Waals surface area contributed by atoms with E-state index in [2.05, 4.69) is 11.8 Å². The van der Waals surface area contributed by atoms with Crippen LogP contribution in [0.15, 0.2) is 0 Å². The molecule has 0 unspecified atom stereocenters. The van der Waals surface area contributed by atoms with Gasteiger partial charge >= 0.3 is 0 Å². The molecular formula is C14H25N3O2. The van der Waals surface area contributed by atoms with Crippen molar-refractivity contribution in [2.24, 2.45) is 5.73 Å². The van der Waals surface area contributed by atoms with Crippen molar-refractivity contribution in [1.29, 1.82) is 0 Å². The van der Waals surface area contributed by atoms with Crippen LogP contribution in [0.2, 0.25) is 0 Å². The van der Waals surface area contributed by atoms with Crippen molar-refractivity contribution >= 4 is 11.8 Å². The van der Waals surface area contributed by atoms with Gasteiger partial charge in [-0.15, -0.1) is 0 Å². The van der Waals surface area contributed by atoms with Crippen molar-refractivity contribution in [2.45, 2.75) is 57.5 Å². The van der Waals surface area contributed by atoms with Crippen LogP contribution < -0.4 is 5.73 Å². The van der Waals surface area contributed by atoms with Gasteiger partial charge in [-0.05, 0) is 38.6 Å². The van der Waals surface area contributed by atoms with E-state index < -0.39 is 0 Å². The molecule has 2 N–H and O–H groups in total. The van der Waals surface area contributed by atoms with Crippen molar-refractivity contribution < 1.29 is 9.59 Å². The SMILES string of the molecule is CCN(CC(=O)N1CCCC1=O)C1CCC(N)CC1. The summed E-state index contributed by atoms with van der Waals surface area (Å²) in [6.07, 6.45) is 5.55. The monoisotopic (exact) mass is 267 g/mol. The summed E-state index contributed by atoms with van der Waals surface area (Å²) in [6.45, 7) is 3.91. The van der Waals surface area contributed by atoms with Gasteiger partial charge in [0.1, 0.15) is 0 Å². The third-order valence-corrected chi connectivity index (χ3v) is 4.38. The molecule has 0 aromatic carbocycles. The summed E-state index contributed by atoms with van der Waals surface area (Å²) < 4.78 is 0. The van der Waals surface area contributed by atoms with E-state index in [4.69, 9.17) is 5.73 Å². The van der Waals surface area contributed by atoms with Crippen LogP contribution in [0, 0.1) is 0 Å². The number of likely N-dealkylation sites (N-methyl/N-ethyl adjacent to an activating group) is 1. The van der Waals surface area contributed by atoms with Gasteiger partial charge in [-0.3, -0.25) is 19.4 Å². The topological polar surface area (TPSA) is 66.6 Å². The first kappa shape index (κ1) is 14.5. The van der Waals surface area contributed by atoms with E-state index in [-0.39, 0.29) is 11.8 Å². The summed E-state index contributed by atoms with van der Waals surface area (Å²) >= 11 is 0. The molecule has 0 bridgehead atoms. The van der Waals surface area contributed by atoms with Gasteiger partial charge in [0.15, 0.2) is 0 Å². The zero-order valence-electron chi connectivity index (χ0n) is 11.8. The van der Waals surface area contributed by atoms with E-state index >= 15 is 0 Å². The van der Waals surface area contributed by atoms with E-state index in [1.165, 1.54) is 4.90 Å². The Kier molecular flexibility index (Phi) is 4.93. The molecular weight excluding hydrogens is 242 g/mol. The Hall–Kier alpha value is -0.940. The van der Waals surface area contributed by atoms with Crippen LogP contribution in [0.3, 0.4) is 0 Å². The average Bonchev–Trinajstić information content (AvgIpc) is 2.83. The van der Waals surface area contributed by atoms with Gasteiger partial charge in [0, 0.05) is 25.0 Å². The molecule has 5 nitrogen and oxygen atoms in total. The quantitative estimate of drug-likeness (QED) is 0.815. The van der Waals surface area contributed by atoms with Crippen LogP contribution in [0.4, 0.5) is 0 Å². The molecule has 1 aliphatic carbocycles. The second kappa shape index (κ2) is 6.48. The fourth-order valence-corrected chi connectivity index (χ4v) is 3.14. The predicted molar refractivity (Wildman–Crippen MR) is 73.4 cm³/mol. The van der Waals surface area contributed by atoms with Crippen molar-refractivity contribution in [3.05, 3.63) is 0 Å². The van der Waals surface area contributed by atoms with Crippen LogP contribution in [0.5, 0.6) is 0 Å². The number of hydrogen-bond acceptors (Lipinski definition) is 4. The molecule has 2 rings (SSSR count). The Morgan fingerprint density at radius 2 is 2.05 bits per heavy atom. The Balaban J connectivity index is 1.88. The molecule has 2 fully saturated rings. The summed E-state index contributed by atoms with van der Waals surface area (Å²) in [5, 5.41) is 0. The summed E-state index contributed by atoms with van der Waals surface area (Å²) in [5.41, 5.74) is 5.92. The minimum Gasteiger partial charge on any atom is -0.328 e. The summed E-state index contributed by atoms with van der Waals surface area (Å²) in [5.74, 6) is -0.0362. The van der Waals surface area contributed by atoms with E-state index in [1.807, 2.05) is 0 Å². The highest BCUT2D eigenvalue weighted by Crippen LogP contribution is 2.22. The Labute approximate surface area is 115 Å². The predicted octanol–water partition coefficient (Wildman–Crippen LogP) is 0.727. The molecule has 0 spiro atoms. The van der Waals surface area contributed by atoms with Crippen molar-refractivity contribution in [3.63, 3.8) is 0 Å². The molecule has 108 valence electrons. The normalized spacial score (nSPS) is 28.2. The lowest BCUT2D eigenvalue weighted by Gasteiger charge is -2.35.